The molecule has 0 aromatic heterocycles. The van der Waals surface area contributed by atoms with Crippen LogP contribution in [0, 0.1) is 11.8 Å². The van der Waals surface area contributed by atoms with Gasteiger partial charge in [-0.1, -0.05) is 13.8 Å². The molecule has 0 radical (unpaired) electrons. The number of hydrogen-bond donors (Lipinski definition) is 0. The fraction of sp³-hybridized carbons (Fsp3) is 0.714. The molecule has 1 rings (SSSR count). The molecule has 1 aliphatic rings. The zero-order chi connectivity index (χ0) is 15.1. The minimum absolute atomic E-state index is 0.0974. The molecule has 2 unspecified atom stereocenters. The van der Waals surface area contributed by atoms with Gasteiger partial charge in [-0.3, -0.25) is 19.2 Å². The van der Waals surface area contributed by atoms with E-state index < -0.39 is 29.7 Å². The summed E-state index contributed by atoms with van der Waals surface area (Å²) in [5.41, 5.74) is 0. The van der Waals surface area contributed by atoms with E-state index >= 15 is 0 Å². The summed E-state index contributed by atoms with van der Waals surface area (Å²) >= 11 is 0. The molecule has 0 amide bonds. The minimum Gasteiger partial charge on any atom is -0.458 e. The standard InChI is InChI=1S/C14H20O6/c1-9-7-10(2)14(18)20-13(17)6-4-3-5-12(16)19-8-11(9)15/h9-10H,3-8H2,1-2H3. The van der Waals surface area contributed by atoms with E-state index in [0.29, 0.717) is 12.8 Å². The molecule has 6 nitrogen and oxygen atoms in total. The van der Waals surface area contributed by atoms with Gasteiger partial charge in [-0.05, 0) is 19.3 Å². The number of rotatable bonds is 0. The second kappa shape index (κ2) is 7.77. The highest BCUT2D eigenvalue weighted by Crippen LogP contribution is 2.16. The lowest BCUT2D eigenvalue weighted by Gasteiger charge is -2.16. The Morgan fingerprint density at radius 1 is 0.900 bits per heavy atom. The van der Waals surface area contributed by atoms with Crippen molar-refractivity contribution in [3.05, 3.63) is 0 Å². The Balaban J connectivity index is 2.68. The summed E-state index contributed by atoms with van der Waals surface area (Å²) in [6.45, 7) is 3.01. The third-order valence-electron chi connectivity index (χ3n) is 3.26. The molecular formula is C14H20O6. The number of carbonyl (C=O) groups is 4. The fourth-order valence-corrected chi connectivity index (χ4v) is 1.93. The van der Waals surface area contributed by atoms with Gasteiger partial charge in [0.1, 0.15) is 6.61 Å². The molecule has 112 valence electrons. The maximum atomic E-state index is 11.7. The van der Waals surface area contributed by atoms with Crippen LogP contribution in [0.1, 0.15) is 46.0 Å². The van der Waals surface area contributed by atoms with E-state index in [2.05, 4.69) is 0 Å². The average Bonchev–Trinajstić information content (AvgIpc) is 2.39. The number of carbonyl (C=O) groups excluding carboxylic acids is 4. The number of esters is 3. The highest BCUT2D eigenvalue weighted by Gasteiger charge is 2.24. The van der Waals surface area contributed by atoms with Crippen LogP contribution >= 0.6 is 0 Å². The third-order valence-corrected chi connectivity index (χ3v) is 3.26. The van der Waals surface area contributed by atoms with Crippen molar-refractivity contribution in [3.8, 4) is 0 Å². The molecule has 1 saturated heterocycles. The van der Waals surface area contributed by atoms with Crippen LogP contribution in [0.5, 0.6) is 0 Å². The summed E-state index contributed by atoms with van der Waals surface area (Å²) in [5.74, 6) is -2.85. The van der Waals surface area contributed by atoms with Crippen molar-refractivity contribution in [2.75, 3.05) is 6.61 Å². The Labute approximate surface area is 117 Å². The minimum atomic E-state index is -0.608. The summed E-state index contributed by atoms with van der Waals surface area (Å²) in [6.07, 6.45) is 1.42. The first kappa shape index (κ1) is 16.3. The Hall–Kier alpha value is -1.72. The van der Waals surface area contributed by atoms with Gasteiger partial charge in [0, 0.05) is 18.8 Å². The monoisotopic (exact) mass is 284 g/mol. The van der Waals surface area contributed by atoms with E-state index in [4.69, 9.17) is 9.47 Å². The lowest BCUT2D eigenvalue weighted by atomic mass is 9.94. The topological polar surface area (TPSA) is 86.7 Å². The summed E-state index contributed by atoms with van der Waals surface area (Å²) in [7, 11) is 0. The summed E-state index contributed by atoms with van der Waals surface area (Å²) in [6, 6.07) is 0. The summed E-state index contributed by atoms with van der Waals surface area (Å²) in [4.78, 5) is 46.2. The van der Waals surface area contributed by atoms with Crippen LogP contribution in [-0.4, -0.2) is 30.3 Å². The van der Waals surface area contributed by atoms with E-state index in [1.807, 2.05) is 0 Å². The van der Waals surface area contributed by atoms with Crippen molar-refractivity contribution in [3.63, 3.8) is 0 Å². The number of hydrogen-bond acceptors (Lipinski definition) is 6. The quantitative estimate of drug-likeness (QED) is 0.493. The van der Waals surface area contributed by atoms with Gasteiger partial charge in [0.05, 0.1) is 5.92 Å². The van der Waals surface area contributed by atoms with Crippen LogP contribution in [0.3, 0.4) is 0 Å². The summed E-state index contributed by atoms with van der Waals surface area (Å²) in [5, 5.41) is 0. The molecule has 1 heterocycles. The molecule has 0 spiro atoms. The van der Waals surface area contributed by atoms with Crippen LogP contribution in [0.2, 0.25) is 0 Å². The average molecular weight is 284 g/mol. The van der Waals surface area contributed by atoms with E-state index in [1.54, 1.807) is 13.8 Å². The van der Waals surface area contributed by atoms with Crippen molar-refractivity contribution < 1.29 is 28.7 Å². The molecule has 2 atom stereocenters. The first-order valence-corrected chi connectivity index (χ1v) is 6.83. The Bertz CT molecular complexity index is 400. The van der Waals surface area contributed by atoms with Crippen LogP contribution in [-0.2, 0) is 28.7 Å². The van der Waals surface area contributed by atoms with Gasteiger partial charge in [-0.25, -0.2) is 0 Å². The smallest absolute Gasteiger partial charge is 0.316 e. The van der Waals surface area contributed by atoms with Gasteiger partial charge in [0.15, 0.2) is 5.78 Å². The predicted molar refractivity (Wildman–Crippen MR) is 68.5 cm³/mol. The zero-order valence-electron chi connectivity index (χ0n) is 11.8. The van der Waals surface area contributed by atoms with Crippen molar-refractivity contribution in [1.82, 2.24) is 0 Å². The lowest BCUT2D eigenvalue weighted by molar-refractivity contribution is -0.163. The second-order valence-electron chi connectivity index (χ2n) is 5.17. The highest BCUT2D eigenvalue weighted by molar-refractivity contribution is 5.88. The van der Waals surface area contributed by atoms with Gasteiger partial charge in [-0.2, -0.15) is 0 Å². The largest absolute Gasteiger partial charge is 0.458 e. The van der Waals surface area contributed by atoms with Crippen LogP contribution in [0.15, 0.2) is 0 Å². The molecule has 0 saturated carbocycles. The van der Waals surface area contributed by atoms with Gasteiger partial charge in [0.25, 0.3) is 0 Å². The molecular weight excluding hydrogens is 264 g/mol. The van der Waals surface area contributed by atoms with Gasteiger partial charge in [0.2, 0.25) is 0 Å². The Kier molecular flexibility index (Phi) is 6.35. The second-order valence-corrected chi connectivity index (χ2v) is 5.17. The van der Waals surface area contributed by atoms with Crippen molar-refractivity contribution >= 4 is 23.7 Å². The first-order chi connectivity index (χ1) is 9.40. The van der Waals surface area contributed by atoms with E-state index in [-0.39, 0.29) is 31.7 Å². The van der Waals surface area contributed by atoms with Crippen LogP contribution in [0.25, 0.3) is 0 Å². The summed E-state index contributed by atoms with van der Waals surface area (Å²) < 4.78 is 9.58. The number of cyclic esters (lactones) is 3. The highest BCUT2D eigenvalue weighted by atomic mass is 16.6. The molecule has 0 bridgehead atoms. The molecule has 1 aliphatic heterocycles. The van der Waals surface area contributed by atoms with Crippen molar-refractivity contribution in [2.45, 2.75) is 46.0 Å². The Morgan fingerprint density at radius 3 is 2.15 bits per heavy atom. The van der Waals surface area contributed by atoms with Gasteiger partial charge >= 0.3 is 17.9 Å². The van der Waals surface area contributed by atoms with Crippen molar-refractivity contribution in [2.24, 2.45) is 11.8 Å². The SMILES string of the molecule is CC1CC(C)C(=O)OC(=O)CCCCC(=O)OCC1=O. The Morgan fingerprint density at radius 2 is 1.50 bits per heavy atom. The normalized spacial score (nSPS) is 27.5. The first-order valence-electron chi connectivity index (χ1n) is 6.83. The molecule has 0 N–H and O–H groups in total. The van der Waals surface area contributed by atoms with Gasteiger partial charge < -0.3 is 9.47 Å². The lowest BCUT2D eigenvalue weighted by Crippen LogP contribution is -2.26. The van der Waals surface area contributed by atoms with Gasteiger partial charge in [-0.15, -0.1) is 0 Å². The van der Waals surface area contributed by atoms with E-state index in [9.17, 15) is 19.2 Å². The fourth-order valence-electron chi connectivity index (χ4n) is 1.93. The molecule has 20 heavy (non-hydrogen) atoms. The molecule has 0 aromatic rings. The van der Waals surface area contributed by atoms with Crippen LogP contribution in [0.4, 0.5) is 0 Å². The van der Waals surface area contributed by atoms with Crippen molar-refractivity contribution in [1.29, 1.82) is 0 Å². The third kappa shape index (κ3) is 5.50. The van der Waals surface area contributed by atoms with Crippen LogP contribution < -0.4 is 0 Å². The number of ketones is 1. The number of Topliss-reactive ketones (excluding diaryl/α,β-unsaturated/α-hetero) is 1. The number of ether oxygens (including phenoxy) is 2. The molecule has 0 aromatic carbocycles. The molecule has 1 fully saturated rings. The maximum Gasteiger partial charge on any atom is 0.316 e. The zero-order valence-corrected chi connectivity index (χ0v) is 11.8. The predicted octanol–water partition coefficient (Wildman–Crippen LogP) is 1.40. The molecule has 6 heteroatoms. The molecule has 0 aliphatic carbocycles. The van der Waals surface area contributed by atoms with E-state index in [0.717, 1.165) is 0 Å². The van der Waals surface area contributed by atoms with E-state index in [1.165, 1.54) is 0 Å². The maximum absolute atomic E-state index is 11.7.